The summed E-state index contributed by atoms with van der Waals surface area (Å²) in [5, 5.41) is 10.3. The minimum atomic E-state index is -0.968. The Morgan fingerprint density at radius 3 is 2.79 bits per heavy atom. The van der Waals surface area contributed by atoms with E-state index in [0.29, 0.717) is 11.3 Å². The number of hydrogen-bond donors (Lipinski definition) is 1. The number of fused-ring (bicyclic) bond motifs is 1. The van der Waals surface area contributed by atoms with Gasteiger partial charge in [0.2, 0.25) is 5.91 Å². The fourth-order valence-electron chi connectivity index (χ4n) is 2.36. The highest BCUT2D eigenvalue weighted by molar-refractivity contribution is 5.99. The number of benzene rings is 1. The molecule has 5 heteroatoms. The van der Waals surface area contributed by atoms with Gasteiger partial charge in [-0.2, -0.15) is 0 Å². The van der Waals surface area contributed by atoms with Crippen molar-refractivity contribution in [2.24, 2.45) is 5.92 Å². The number of rotatable bonds is 3. The molecule has 1 N–H and O–H groups in total. The second-order valence-corrected chi connectivity index (χ2v) is 4.52. The van der Waals surface area contributed by atoms with E-state index in [0.717, 1.165) is 0 Å². The van der Waals surface area contributed by atoms with Gasteiger partial charge in [0, 0.05) is 18.3 Å². The second kappa shape index (κ2) is 5.40. The molecule has 102 valence electrons. The normalized spacial score (nSPS) is 22.1. The molecule has 0 spiro atoms. The van der Waals surface area contributed by atoms with Crippen LogP contribution in [-0.4, -0.2) is 30.6 Å². The zero-order valence-electron chi connectivity index (χ0n) is 11.0. The van der Waals surface area contributed by atoms with Crippen LogP contribution < -0.4 is 4.90 Å². The van der Waals surface area contributed by atoms with Gasteiger partial charge in [0.15, 0.2) is 0 Å². The largest absolute Gasteiger partial charge is 0.466 e. The number of carbonyl (C=O) groups excluding carboxylic acids is 2. The van der Waals surface area contributed by atoms with Gasteiger partial charge in [0.25, 0.3) is 0 Å². The van der Waals surface area contributed by atoms with E-state index in [4.69, 9.17) is 4.74 Å². The number of aliphatic hydroxyl groups is 1. The smallest absolute Gasteiger partial charge is 0.306 e. The van der Waals surface area contributed by atoms with Crippen LogP contribution >= 0.6 is 0 Å². The minimum Gasteiger partial charge on any atom is -0.466 e. The third-order valence-electron chi connectivity index (χ3n) is 3.34. The van der Waals surface area contributed by atoms with E-state index < -0.39 is 18.0 Å². The number of amides is 1. The number of anilines is 1. The number of hydrogen-bond acceptors (Lipinski definition) is 4. The number of para-hydroxylation sites is 1. The first-order chi connectivity index (χ1) is 9.06. The van der Waals surface area contributed by atoms with E-state index in [1.807, 2.05) is 0 Å². The number of esters is 1. The lowest BCUT2D eigenvalue weighted by molar-refractivity contribution is -0.148. The van der Waals surface area contributed by atoms with Crippen molar-refractivity contribution in [1.82, 2.24) is 0 Å². The van der Waals surface area contributed by atoms with Crippen LogP contribution in [0.5, 0.6) is 0 Å². The molecule has 0 saturated carbocycles. The maximum absolute atomic E-state index is 12.2. The highest BCUT2D eigenvalue weighted by Gasteiger charge is 2.39. The molecule has 0 fully saturated rings. The SMILES string of the molecule is CCOC(=O)CC1C(=O)N(C)c2ccccc2C1O. The molecule has 5 nitrogen and oxygen atoms in total. The molecule has 1 aromatic carbocycles. The van der Waals surface area contributed by atoms with E-state index in [-0.39, 0.29) is 18.9 Å². The summed E-state index contributed by atoms with van der Waals surface area (Å²) in [5.41, 5.74) is 1.35. The second-order valence-electron chi connectivity index (χ2n) is 4.52. The molecule has 1 heterocycles. The van der Waals surface area contributed by atoms with Crippen LogP contribution in [-0.2, 0) is 14.3 Å². The molecule has 1 amide bonds. The highest BCUT2D eigenvalue weighted by Crippen LogP contribution is 2.38. The summed E-state index contributed by atoms with van der Waals surface area (Å²) in [5.74, 6) is -1.51. The summed E-state index contributed by atoms with van der Waals surface area (Å²) in [6.07, 6.45) is -1.07. The van der Waals surface area contributed by atoms with Gasteiger partial charge in [0.1, 0.15) is 0 Å². The van der Waals surface area contributed by atoms with E-state index in [1.54, 1.807) is 38.2 Å². The van der Waals surface area contributed by atoms with Crippen molar-refractivity contribution in [3.8, 4) is 0 Å². The molecular weight excluding hydrogens is 246 g/mol. The van der Waals surface area contributed by atoms with Crippen molar-refractivity contribution < 1.29 is 19.4 Å². The fraction of sp³-hybridized carbons (Fsp3) is 0.429. The summed E-state index contributed by atoms with van der Waals surface area (Å²) >= 11 is 0. The number of carbonyl (C=O) groups is 2. The Balaban J connectivity index is 2.28. The Morgan fingerprint density at radius 2 is 2.11 bits per heavy atom. The molecule has 19 heavy (non-hydrogen) atoms. The van der Waals surface area contributed by atoms with Crippen LogP contribution in [0.4, 0.5) is 5.69 Å². The topological polar surface area (TPSA) is 66.8 Å². The minimum absolute atomic E-state index is 0.105. The van der Waals surface area contributed by atoms with Gasteiger partial charge in [-0.05, 0) is 13.0 Å². The first-order valence-corrected chi connectivity index (χ1v) is 6.26. The Morgan fingerprint density at radius 1 is 1.42 bits per heavy atom. The highest BCUT2D eigenvalue weighted by atomic mass is 16.5. The van der Waals surface area contributed by atoms with Gasteiger partial charge in [-0.1, -0.05) is 18.2 Å². The quantitative estimate of drug-likeness (QED) is 0.834. The van der Waals surface area contributed by atoms with Crippen molar-refractivity contribution in [2.45, 2.75) is 19.4 Å². The maximum atomic E-state index is 12.2. The summed E-state index contributed by atoms with van der Waals surface area (Å²) in [6.45, 7) is 1.97. The molecule has 1 aliphatic heterocycles. The van der Waals surface area contributed by atoms with Crippen LogP contribution in [0.1, 0.15) is 25.0 Å². The number of ether oxygens (including phenoxy) is 1. The van der Waals surface area contributed by atoms with Crippen molar-refractivity contribution in [1.29, 1.82) is 0 Å². The fourth-order valence-corrected chi connectivity index (χ4v) is 2.36. The Hall–Kier alpha value is -1.88. The lowest BCUT2D eigenvalue weighted by Gasteiger charge is -2.34. The average Bonchev–Trinajstić information content (AvgIpc) is 2.41. The third kappa shape index (κ3) is 2.46. The summed E-state index contributed by atoms with van der Waals surface area (Å²) in [4.78, 5) is 25.2. The average molecular weight is 263 g/mol. The van der Waals surface area contributed by atoms with E-state index >= 15 is 0 Å². The molecule has 2 rings (SSSR count). The lowest BCUT2D eigenvalue weighted by Crippen LogP contribution is -2.42. The molecule has 0 radical (unpaired) electrons. The van der Waals surface area contributed by atoms with Gasteiger partial charge in [0.05, 0.1) is 25.0 Å². The molecule has 2 atom stereocenters. The maximum Gasteiger partial charge on any atom is 0.306 e. The first kappa shape index (κ1) is 13.5. The number of aliphatic hydroxyl groups excluding tert-OH is 1. The summed E-state index contributed by atoms with van der Waals surface area (Å²) < 4.78 is 4.84. The van der Waals surface area contributed by atoms with Crippen molar-refractivity contribution in [3.05, 3.63) is 29.8 Å². The Kier molecular flexibility index (Phi) is 3.85. The molecule has 2 unspecified atom stereocenters. The summed E-state index contributed by atoms with van der Waals surface area (Å²) in [7, 11) is 1.64. The van der Waals surface area contributed by atoms with Crippen LogP contribution in [0.2, 0.25) is 0 Å². The van der Waals surface area contributed by atoms with Crippen molar-refractivity contribution in [3.63, 3.8) is 0 Å². The zero-order chi connectivity index (χ0) is 14.0. The van der Waals surface area contributed by atoms with Crippen molar-refractivity contribution >= 4 is 17.6 Å². The Bertz CT molecular complexity index is 500. The third-order valence-corrected chi connectivity index (χ3v) is 3.34. The molecule has 0 bridgehead atoms. The van der Waals surface area contributed by atoms with Gasteiger partial charge >= 0.3 is 5.97 Å². The van der Waals surface area contributed by atoms with Crippen LogP contribution in [0.3, 0.4) is 0 Å². The predicted octanol–water partition coefficient (Wildman–Crippen LogP) is 1.27. The van der Waals surface area contributed by atoms with Gasteiger partial charge in [-0.3, -0.25) is 9.59 Å². The van der Waals surface area contributed by atoms with Gasteiger partial charge < -0.3 is 14.7 Å². The van der Waals surface area contributed by atoms with Crippen LogP contribution in [0.15, 0.2) is 24.3 Å². The standard InChI is InChI=1S/C14H17NO4/c1-3-19-12(16)8-10-13(17)9-6-4-5-7-11(9)15(2)14(10)18/h4-7,10,13,17H,3,8H2,1-2H3. The van der Waals surface area contributed by atoms with E-state index in [1.165, 1.54) is 4.90 Å². The van der Waals surface area contributed by atoms with Gasteiger partial charge in [-0.25, -0.2) is 0 Å². The van der Waals surface area contributed by atoms with Crippen LogP contribution in [0.25, 0.3) is 0 Å². The molecule has 1 aromatic rings. The monoisotopic (exact) mass is 263 g/mol. The molecule has 0 aromatic heterocycles. The predicted molar refractivity (Wildman–Crippen MR) is 69.6 cm³/mol. The number of nitrogens with zero attached hydrogens (tertiary/aromatic N) is 1. The van der Waals surface area contributed by atoms with E-state index in [2.05, 4.69) is 0 Å². The lowest BCUT2D eigenvalue weighted by atomic mass is 9.87. The van der Waals surface area contributed by atoms with Crippen LogP contribution in [0, 0.1) is 5.92 Å². The first-order valence-electron chi connectivity index (χ1n) is 6.26. The molecule has 0 saturated heterocycles. The summed E-state index contributed by atoms with van der Waals surface area (Å²) in [6, 6.07) is 7.15. The zero-order valence-corrected chi connectivity index (χ0v) is 11.0. The van der Waals surface area contributed by atoms with E-state index in [9.17, 15) is 14.7 Å². The molecular formula is C14H17NO4. The molecule has 1 aliphatic rings. The van der Waals surface area contributed by atoms with Crippen molar-refractivity contribution in [2.75, 3.05) is 18.6 Å². The van der Waals surface area contributed by atoms with Gasteiger partial charge in [-0.15, -0.1) is 0 Å². The molecule has 0 aliphatic carbocycles. The Labute approximate surface area is 111 Å².